The Morgan fingerprint density at radius 2 is 1.86 bits per heavy atom. The Labute approximate surface area is 91.0 Å². The van der Waals surface area contributed by atoms with Crippen LogP contribution in [-0.4, -0.2) is 19.9 Å². The summed E-state index contributed by atoms with van der Waals surface area (Å²) in [7, 11) is -3.18. The molecule has 0 unspecified atom stereocenters. The van der Waals surface area contributed by atoms with Crippen molar-refractivity contribution in [1.29, 1.82) is 0 Å². The third-order valence-corrected chi connectivity index (χ3v) is 3.77. The van der Waals surface area contributed by atoms with Gasteiger partial charge in [0.15, 0.2) is 0 Å². The minimum Gasteiger partial charge on any atom is -0.205 e. The SMILES string of the molecule is O=S1(=O)CCC(c2ccc(Br)cc2)=N1. The maximum atomic E-state index is 11.1. The average molecular weight is 274 g/mol. The summed E-state index contributed by atoms with van der Waals surface area (Å²) in [5.74, 6) is 0.137. The molecule has 0 N–H and O–H groups in total. The fourth-order valence-corrected chi connectivity index (χ4v) is 2.66. The Kier molecular flexibility index (Phi) is 2.45. The molecule has 1 aromatic rings. The minimum absolute atomic E-state index is 0.137. The highest BCUT2D eigenvalue weighted by Crippen LogP contribution is 2.17. The molecule has 5 heteroatoms. The third-order valence-electron chi connectivity index (χ3n) is 2.02. The Hall–Kier alpha value is -0.680. The summed E-state index contributed by atoms with van der Waals surface area (Å²) < 4.78 is 26.8. The molecule has 0 bridgehead atoms. The van der Waals surface area contributed by atoms with Crippen LogP contribution in [-0.2, 0) is 10.0 Å². The molecule has 0 aromatic heterocycles. The number of rotatable bonds is 1. The van der Waals surface area contributed by atoms with Crippen LogP contribution >= 0.6 is 15.9 Å². The van der Waals surface area contributed by atoms with E-state index in [4.69, 9.17) is 0 Å². The van der Waals surface area contributed by atoms with Crippen LogP contribution in [0.2, 0.25) is 0 Å². The maximum Gasteiger partial charge on any atom is 0.253 e. The van der Waals surface area contributed by atoms with Gasteiger partial charge in [0.25, 0.3) is 10.0 Å². The molecule has 0 aliphatic carbocycles. The summed E-state index contributed by atoms with van der Waals surface area (Å²) in [5.41, 5.74) is 1.55. The molecule has 0 spiro atoms. The monoisotopic (exact) mass is 273 g/mol. The first kappa shape index (κ1) is 9.86. The average Bonchev–Trinajstić information content (AvgIpc) is 2.47. The second kappa shape index (κ2) is 3.47. The van der Waals surface area contributed by atoms with Crippen molar-refractivity contribution in [3.05, 3.63) is 34.3 Å². The number of hydrogen-bond acceptors (Lipinski definition) is 2. The van der Waals surface area contributed by atoms with Gasteiger partial charge in [-0.05, 0) is 17.7 Å². The molecule has 2 rings (SSSR count). The predicted molar refractivity (Wildman–Crippen MR) is 59.1 cm³/mol. The fraction of sp³-hybridized carbons (Fsp3) is 0.222. The Morgan fingerprint density at radius 1 is 1.21 bits per heavy atom. The fourth-order valence-electron chi connectivity index (χ4n) is 1.32. The highest BCUT2D eigenvalue weighted by Gasteiger charge is 2.20. The lowest BCUT2D eigenvalue weighted by molar-refractivity contribution is 0.600. The molecular weight excluding hydrogens is 266 g/mol. The first-order valence-corrected chi connectivity index (χ1v) is 6.54. The zero-order valence-corrected chi connectivity index (χ0v) is 9.68. The number of hydrogen-bond donors (Lipinski definition) is 0. The second-order valence-corrected chi connectivity index (χ2v) is 5.75. The van der Waals surface area contributed by atoms with E-state index in [1.165, 1.54) is 0 Å². The largest absolute Gasteiger partial charge is 0.253 e. The van der Waals surface area contributed by atoms with Crippen LogP contribution in [0.3, 0.4) is 0 Å². The smallest absolute Gasteiger partial charge is 0.205 e. The van der Waals surface area contributed by atoms with Crippen LogP contribution in [0.4, 0.5) is 0 Å². The van der Waals surface area contributed by atoms with Crippen molar-refractivity contribution in [3.8, 4) is 0 Å². The Bertz CT molecular complexity index is 476. The second-order valence-electron chi connectivity index (χ2n) is 3.08. The van der Waals surface area contributed by atoms with Crippen molar-refractivity contribution in [1.82, 2.24) is 0 Å². The molecule has 0 fully saturated rings. The predicted octanol–water partition coefficient (Wildman–Crippen LogP) is 1.97. The molecule has 1 aliphatic heterocycles. The lowest BCUT2D eigenvalue weighted by atomic mass is 10.1. The van der Waals surface area contributed by atoms with E-state index in [1.54, 1.807) is 0 Å². The quantitative estimate of drug-likeness (QED) is 0.786. The number of benzene rings is 1. The lowest BCUT2D eigenvalue weighted by Crippen LogP contribution is -1.96. The van der Waals surface area contributed by atoms with Gasteiger partial charge in [-0.2, -0.15) is 4.40 Å². The normalized spacial score (nSPS) is 19.4. The van der Waals surface area contributed by atoms with Crippen molar-refractivity contribution >= 4 is 31.7 Å². The van der Waals surface area contributed by atoms with Gasteiger partial charge in [0, 0.05) is 10.9 Å². The van der Waals surface area contributed by atoms with Gasteiger partial charge >= 0.3 is 0 Å². The molecule has 1 heterocycles. The Balaban J connectivity index is 2.38. The van der Waals surface area contributed by atoms with Gasteiger partial charge in [-0.3, -0.25) is 0 Å². The van der Waals surface area contributed by atoms with E-state index in [2.05, 4.69) is 20.3 Å². The van der Waals surface area contributed by atoms with Crippen LogP contribution < -0.4 is 0 Å². The van der Waals surface area contributed by atoms with Gasteiger partial charge in [-0.15, -0.1) is 0 Å². The van der Waals surface area contributed by atoms with E-state index in [1.807, 2.05) is 24.3 Å². The van der Waals surface area contributed by atoms with Crippen molar-refractivity contribution in [2.24, 2.45) is 4.40 Å². The summed E-state index contributed by atoms with van der Waals surface area (Å²) in [4.78, 5) is 0. The highest BCUT2D eigenvalue weighted by molar-refractivity contribution is 9.10. The van der Waals surface area contributed by atoms with Crippen LogP contribution in [0, 0.1) is 0 Å². The summed E-state index contributed by atoms with van der Waals surface area (Å²) in [6.07, 6.45) is 0.518. The topological polar surface area (TPSA) is 46.5 Å². The molecular formula is C9H8BrNO2S. The third kappa shape index (κ3) is 2.04. The molecule has 74 valence electrons. The number of nitrogens with zero attached hydrogens (tertiary/aromatic N) is 1. The van der Waals surface area contributed by atoms with Crippen LogP contribution in [0.25, 0.3) is 0 Å². The molecule has 1 aromatic carbocycles. The van der Waals surface area contributed by atoms with Crippen LogP contribution in [0.15, 0.2) is 33.1 Å². The molecule has 3 nitrogen and oxygen atoms in total. The van der Waals surface area contributed by atoms with Crippen molar-refractivity contribution < 1.29 is 8.42 Å². The minimum atomic E-state index is -3.18. The zero-order chi connectivity index (χ0) is 10.2. The summed E-state index contributed by atoms with van der Waals surface area (Å²) in [6.45, 7) is 0. The molecule has 0 saturated carbocycles. The van der Waals surface area contributed by atoms with Gasteiger partial charge in [0.2, 0.25) is 0 Å². The summed E-state index contributed by atoms with van der Waals surface area (Å²) in [6, 6.07) is 7.49. The van der Waals surface area contributed by atoms with Gasteiger partial charge in [0.1, 0.15) is 0 Å². The summed E-state index contributed by atoms with van der Waals surface area (Å²) >= 11 is 3.32. The number of sulfonamides is 1. The van der Waals surface area contributed by atoms with E-state index >= 15 is 0 Å². The van der Waals surface area contributed by atoms with E-state index in [-0.39, 0.29) is 5.75 Å². The van der Waals surface area contributed by atoms with E-state index in [9.17, 15) is 8.42 Å². The van der Waals surface area contributed by atoms with Gasteiger partial charge < -0.3 is 0 Å². The van der Waals surface area contributed by atoms with Crippen molar-refractivity contribution in [2.75, 3.05) is 5.75 Å². The van der Waals surface area contributed by atoms with Gasteiger partial charge in [0.05, 0.1) is 11.5 Å². The molecule has 0 atom stereocenters. The molecule has 14 heavy (non-hydrogen) atoms. The first-order valence-electron chi connectivity index (χ1n) is 4.14. The first-order chi connectivity index (χ1) is 6.57. The van der Waals surface area contributed by atoms with Gasteiger partial charge in [-0.25, -0.2) is 8.42 Å². The summed E-state index contributed by atoms with van der Waals surface area (Å²) in [5, 5.41) is 0. The van der Waals surface area contributed by atoms with Crippen molar-refractivity contribution in [2.45, 2.75) is 6.42 Å². The van der Waals surface area contributed by atoms with E-state index in [0.29, 0.717) is 12.1 Å². The van der Waals surface area contributed by atoms with Crippen LogP contribution in [0.1, 0.15) is 12.0 Å². The van der Waals surface area contributed by atoms with Gasteiger partial charge in [-0.1, -0.05) is 28.1 Å². The van der Waals surface area contributed by atoms with Crippen LogP contribution in [0.5, 0.6) is 0 Å². The zero-order valence-electron chi connectivity index (χ0n) is 7.27. The van der Waals surface area contributed by atoms with E-state index in [0.717, 1.165) is 10.0 Å². The molecule has 1 aliphatic rings. The molecule has 0 saturated heterocycles. The molecule has 0 amide bonds. The lowest BCUT2D eigenvalue weighted by Gasteiger charge is -1.97. The van der Waals surface area contributed by atoms with E-state index < -0.39 is 10.0 Å². The highest BCUT2D eigenvalue weighted by atomic mass is 79.9. The maximum absolute atomic E-state index is 11.1. The van der Waals surface area contributed by atoms with Crippen molar-refractivity contribution in [3.63, 3.8) is 0 Å². The number of halogens is 1. The standard InChI is InChI=1S/C9H8BrNO2S/c10-8-3-1-7(2-4-8)9-5-6-14(12,13)11-9/h1-4H,5-6H2. The molecule has 0 radical (unpaired) electrons. The Morgan fingerprint density at radius 3 is 2.36 bits per heavy atom.